The smallest absolute Gasteiger partial charge is 0.329 e. The third-order valence-electron chi connectivity index (χ3n) is 7.59. The van der Waals surface area contributed by atoms with Crippen molar-refractivity contribution in [3.8, 4) is 0 Å². The molecule has 350 valence electrons. The molecule has 0 spiro atoms. The Morgan fingerprint density at radius 2 is 0.678 bits per heavy atom. The van der Waals surface area contributed by atoms with Gasteiger partial charge in [-0.3, -0.25) is 9.59 Å². The standard InChI is InChI=1S/C40H77NO18/c1-2-3-4-5-6-7-8-9-40(45)59-35-34-57-33-32-56-31-30-55-29-28-54-27-26-53-25-24-52-23-22-51-21-20-50-19-18-49-17-16-48-15-14-47-13-12-46-11-10-41-38(42)36-58-37-39(43)44/h2-37H2,1H3,(H,41,42)(H,43,44). The maximum absolute atomic E-state index is 11.7. The summed E-state index contributed by atoms with van der Waals surface area (Å²) < 4.78 is 75.3. The van der Waals surface area contributed by atoms with Crippen molar-refractivity contribution in [3.63, 3.8) is 0 Å². The maximum Gasteiger partial charge on any atom is 0.329 e. The molecule has 0 aromatic rings. The molecule has 0 aliphatic heterocycles. The second-order valence-corrected chi connectivity index (χ2v) is 12.7. The number of unbranched alkanes of at least 4 members (excludes halogenated alkanes) is 6. The van der Waals surface area contributed by atoms with E-state index in [-0.39, 0.29) is 19.2 Å². The highest BCUT2D eigenvalue weighted by Gasteiger charge is 2.04. The predicted molar refractivity (Wildman–Crippen MR) is 215 cm³/mol. The predicted octanol–water partition coefficient (Wildman–Crippen LogP) is 2.09. The van der Waals surface area contributed by atoms with Crippen molar-refractivity contribution in [3.05, 3.63) is 0 Å². The molecular weight excluding hydrogens is 782 g/mol. The Morgan fingerprint density at radius 1 is 0.373 bits per heavy atom. The van der Waals surface area contributed by atoms with E-state index in [1.807, 2.05) is 0 Å². The van der Waals surface area contributed by atoms with Gasteiger partial charge in [-0.25, -0.2) is 4.79 Å². The summed E-state index contributed by atoms with van der Waals surface area (Å²) in [4.78, 5) is 33.4. The molecule has 0 saturated carbocycles. The zero-order chi connectivity index (χ0) is 42.8. The molecule has 19 nitrogen and oxygen atoms in total. The number of hydrogen-bond acceptors (Lipinski definition) is 17. The van der Waals surface area contributed by atoms with Crippen LogP contribution >= 0.6 is 0 Å². The van der Waals surface area contributed by atoms with E-state index in [0.717, 1.165) is 12.8 Å². The van der Waals surface area contributed by atoms with Crippen LogP contribution in [0.5, 0.6) is 0 Å². The number of hydrogen-bond donors (Lipinski definition) is 2. The first-order chi connectivity index (χ1) is 29.1. The van der Waals surface area contributed by atoms with Crippen LogP contribution in [0, 0.1) is 0 Å². The number of carbonyl (C=O) groups is 3. The van der Waals surface area contributed by atoms with E-state index in [1.54, 1.807) is 0 Å². The van der Waals surface area contributed by atoms with Gasteiger partial charge in [-0.05, 0) is 6.42 Å². The minimum Gasteiger partial charge on any atom is -0.480 e. The number of carboxylic acid groups (broad SMARTS) is 1. The maximum atomic E-state index is 11.7. The number of carbonyl (C=O) groups excluding carboxylic acids is 2. The molecule has 0 aromatic carbocycles. The number of aliphatic carboxylic acids is 1. The van der Waals surface area contributed by atoms with E-state index < -0.39 is 18.5 Å². The fourth-order valence-electron chi connectivity index (χ4n) is 4.58. The highest BCUT2D eigenvalue weighted by Crippen LogP contribution is 2.08. The second-order valence-electron chi connectivity index (χ2n) is 12.7. The van der Waals surface area contributed by atoms with E-state index in [1.165, 1.54) is 32.1 Å². The monoisotopic (exact) mass is 860 g/mol. The second kappa shape index (κ2) is 50.2. The van der Waals surface area contributed by atoms with Gasteiger partial charge in [0, 0.05) is 13.0 Å². The Kier molecular flexibility index (Phi) is 48.5. The summed E-state index contributed by atoms with van der Waals surface area (Å²) >= 11 is 0. The van der Waals surface area contributed by atoms with Crippen LogP contribution in [0.4, 0.5) is 0 Å². The topological polar surface area (TPSA) is 213 Å². The lowest BCUT2D eigenvalue weighted by Gasteiger charge is -2.09. The van der Waals surface area contributed by atoms with E-state index in [9.17, 15) is 14.4 Å². The van der Waals surface area contributed by atoms with Crippen LogP contribution in [-0.4, -0.2) is 208 Å². The minimum atomic E-state index is -1.13. The molecule has 0 aliphatic carbocycles. The van der Waals surface area contributed by atoms with Crippen molar-refractivity contribution in [2.24, 2.45) is 0 Å². The number of carboxylic acids is 1. The molecule has 59 heavy (non-hydrogen) atoms. The van der Waals surface area contributed by atoms with Crippen LogP contribution in [0.15, 0.2) is 0 Å². The van der Waals surface area contributed by atoms with Gasteiger partial charge in [-0.1, -0.05) is 45.4 Å². The van der Waals surface area contributed by atoms with Gasteiger partial charge < -0.3 is 76.7 Å². The lowest BCUT2D eigenvalue weighted by molar-refractivity contribution is -0.146. The Morgan fingerprint density at radius 3 is 1.02 bits per heavy atom. The number of nitrogens with one attached hydrogen (secondary N) is 1. The summed E-state index contributed by atoms with van der Waals surface area (Å²) in [6.45, 7) is 12.7. The van der Waals surface area contributed by atoms with Gasteiger partial charge in [-0.2, -0.15) is 0 Å². The zero-order valence-electron chi connectivity index (χ0n) is 35.8. The molecule has 0 aliphatic rings. The molecule has 0 radical (unpaired) electrons. The van der Waals surface area contributed by atoms with E-state index in [2.05, 4.69) is 17.0 Å². The van der Waals surface area contributed by atoms with Gasteiger partial charge in [0.1, 0.15) is 19.8 Å². The van der Waals surface area contributed by atoms with Gasteiger partial charge >= 0.3 is 11.9 Å². The SMILES string of the molecule is CCCCCCCCCC(=O)OCCOCCOCCOCCOCCOCCOCCOCCOCCOCCOCCOCCOCCNC(=O)COCC(=O)O. The van der Waals surface area contributed by atoms with Gasteiger partial charge in [-0.15, -0.1) is 0 Å². The van der Waals surface area contributed by atoms with Crippen molar-refractivity contribution < 1.29 is 85.8 Å². The van der Waals surface area contributed by atoms with Gasteiger partial charge in [0.05, 0.1) is 159 Å². The molecule has 2 N–H and O–H groups in total. The van der Waals surface area contributed by atoms with Crippen molar-refractivity contribution in [1.29, 1.82) is 0 Å². The molecular formula is C40H77NO18. The van der Waals surface area contributed by atoms with Gasteiger partial charge in [0.2, 0.25) is 5.91 Å². The fraction of sp³-hybridized carbons (Fsp3) is 0.925. The third-order valence-corrected chi connectivity index (χ3v) is 7.59. The van der Waals surface area contributed by atoms with Gasteiger partial charge in [0.15, 0.2) is 0 Å². The highest BCUT2D eigenvalue weighted by molar-refractivity contribution is 5.77. The Hall–Kier alpha value is -2.11. The van der Waals surface area contributed by atoms with Crippen molar-refractivity contribution in [2.45, 2.75) is 58.3 Å². The average molecular weight is 860 g/mol. The first-order valence-corrected chi connectivity index (χ1v) is 21.2. The van der Waals surface area contributed by atoms with Crippen LogP contribution in [0.25, 0.3) is 0 Å². The Balaban J connectivity index is 3.13. The lowest BCUT2D eigenvalue weighted by Crippen LogP contribution is -2.31. The molecule has 1 amide bonds. The summed E-state index contributed by atoms with van der Waals surface area (Å²) in [5, 5.41) is 11.0. The van der Waals surface area contributed by atoms with E-state index in [0.29, 0.717) is 172 Å². The van der Waals surface area contributed by atoms with Crippen LogP contribution in [-0.2, 0) is 80.7 Å². The van der Waals surface area contributed by atoms with E-state index in [4.69, 9.17) is 66.7 Å². The molecule has 0 fully saturated rings. The van der Waals surface area contributed by atoms with Crippen LogP contribution in [0.3, 0.4) is 0 Å². The van der Waals surface area contributed by atoms with Crippen molar-refractivity contribution >= 4 is 17.8 Å². The highest BCUT2D eigenvalue weighted by atomic mass is 16.6. The lowest BCUT2D eigenvalue weighted by atomic mass is 10.1. The normalized spacial score (nSPS) is 11.3. The fourth-order valence-corrected chi connectivity index (χ4v) is 4.58. The summed E-state index contributed by atoms with van der Waals surface area (Å²) in [5.74, 6) is -1.68. The molecule has 0 unspecified atom stereocenters. The van der Waals surface area contributed by atoms with Crippen LogP contribution in [0.1, 0.15) is 58.3 Å². The minimum absolute atomic E-state index is 0.149. The zero-order valence-corrected chi connectivity index (χ0v) is 35.8. The largest absolute Gasteiger partial charge is 0.480 e. The van der Waals surface area contributed by atoms with Crippen molar-refractivity contribution in [2.75, 3.05) is 185 Å². The molecule has 0 bridgehead atoms. The Labute approximate surface area is 351 Å². The summed E-state index contributed by atoms with van der Waals surface area (Å²) in [7, 11) is 0. The Bertz CT molecular complexity index is 890. The molecule has 0 saturated heterocycles. The van der Waals surface area contributed by atoms with E-state index >= 15 is 0 Å². The molecule has 0 heterocycles. The molecule has 0 atom stereocenters. The first-order valence-electron chi connectivity index (χ1n) is 21.2. The number of amides is 1. The summed E-state index contributed by atoms with van der Waals surface area (Å²) in [6, 6.07) is 0. The number of ether oxygens (including phenoxy) is 14. The summed E-state index contributed by atoms with van der Waals surface area (Å²) in [6.07, 6.45) is 8.73. The van der Waals surface area contributed by atoms with Gasteiger partial charge in [0.25, 0.3) is 0 Å². The van der Waals surface area contributed by atoms with Crippen LogP contribution < -0.4 is 5.32 Å². The third kappa shape index (κ3) is 52.0. The van der Waals surface area contributed by atoms with Crippen LogP contribution in [0.2, 0.25) is 0 Å². The first kappa shape index (κ1) is 56.9. The molecule has 0 aromatic heterocycles. The molecule has 19 heteroatoms. The van der Waals surface area contributed by atoms with Crippen molar-refractivity contribution in [1.82, 2.24) is 5.32 Å². The molecule has 0 rings (SSSR count). The number of esters is 1. The summed E-state index contributed by atoms with van der Waals surface area (Å²) in [5.41, 5.74) is 0. The quantitative estimate of drug-likeness (QED) is 0.0662. The average Bonchev–Trinajstić information content (AvgIpc) is 3.22. The number of rotatable bonds is 51.